The van der Waals surface area contributed by atoms with E-state index in [1.807, 2.05) is 6.07 Å². The third-order valence-corrected chi connectivity index (χ3v) is 3.25. The normalized spacial score (nSPS) is 10.6. The highest BCUT2D eigenvalue weighted by molar-refractivity contribution is 7.98. The van der Waals surface area contributed by atoms with Gasteiger partial charge in [0.05, 0.1) is 0 Å². The second-order valence-electron chi connectivity index (χ2n) is 3.28. The maximum atomic E-state index is 13.3. The smallest absolute Gasteiger partial charge is 0.222 e. The van der Waals surface area contributed by atoms with Gasteiger partial charge in [0.25, 0.3) is 0 Å². The van der Waals surface area contributed by atoms with E-state index in [4.69, 9.17) is 5.73 Å². The molecule has 4 nitrogen and oxygen atoms in total. The summed E-state index contributed by atoms with van der Waals surface area (Å²) in [6.45, 7) is 0. The maximum Gasteiger partial charge on any atom is 0.222 e. The molecule has 0 saturated carbocycles. The van der Waals surface area contributed by atoms with Gasteiger partial charge in [-0.1, -0.05) is 30.0 Å². The molecule has 2 rings (SSSR count). The number of halogens is 1. The molecule has 0 aliphatic rings. The fourth-order valence-corrected chi connectivity index (χ4v) is 2.11. The lowest BCUT2D eigenvalue weighted by Gasteiger charge is -2.02. The van der Waals surface area contributed by atoms with Crippen molar-refractivity contribution in [1.29, 1.82) is 0 Å². The van der Waals surface area contributed by atoms with Gasteiger partial charge in [-0.25, -0.2) is 4.39 Å². The Balaban J connectivity index is 2.08. The van der Waals surface area contributed by atoms with Gasteiger partial charge >= 0.3 is 0 Å². The zero-order valence-electron chi connectivity index (χ0n) is 8.72. The number of aromatic nitrogens is 3. The summed E-state index contributed by atoms with van der Waals surface area (Å²) < 4.78 is 15.0. The van der Waals surface area contributed by atoms with Gasteiger partial charge in [0, 0.05) is 12.8 Å². The molecule has 0 aliphatic carbocycles. The summed E-state index contributed by atoms with van der Waals surface area (Å²) in [4.78, 5) is 0. The first-order valence-corrected chi connectivity index (χ1v) is 5.68. The van der Waals surface area contributed by atoms with Crippen LogP contribution >= 0.6 is 11.8 Å². The average molecular weight is 238 g/mol. The first kappa shape index (κ1) is 10.9. The molecule has 0 radical (unpaired) electrons. The summed E-state index contributed by atoms with van der Waals surface area (Å²) in [6, 6.07) is 6.68. The van der Waals surface area contributed by atoms with Crippen molar-refractivity contribution in [1.82, 2.24) is 14.8 Å². The van der Waals surface area contributed by atoms with Crippen molar-refractivity contribution >= 4 is 17.7 Å². The van der Waals surface area contributed by atoms with Crippen LogP contribution in [0.4, 0.5) is 10.3 Å². The molecule has 1 heterocycles. The van der Waals surface area contributed by atoms with Crippen LogP contribution in [0.15, 0.2) is 29.4 Å². The lowest BCUT2D eigenvalue weighted by atomic mass is 10.2. The summed E-state index contributed by atoms with van der Waals surface area (Å²) in [7, 11) is 1.78. The molecule has 0 aliphatic heterocycles. The van der Waals surface area contributed by atoms with Crippen LogP contribution in [-0.2, 0) is 12.8 Å². The Morgan fingerprint density at radius 1 is 1.38 bits per heavy atom. The number of nitrogen functional groups attached to an aromatic ring is 1. The largest absolute Gasteiger partial charge is 0.368 e. The van der Waals surface area contributed by atoms with E-state index in [1.165, 1.54) is 17.8 Å². The Hall–Kier alpha value is -1.56. The summed E-state index contributed by atoms with van der Waals surface area (Å²) in [5, 5.41) is 8.30. The lowest BCUT2D eigenvalue weighted by molar-refractivity contribution is 0.617. The highest BCUT2D eigenvalue weighted by atomic mass is 32.2. The topological polar surface area (TPSA) is 56.7 Å². The molecule has 16 heavy (non-hydrogen) atoms. The Bertz CT molecular complexity index is 497. The van der Waals surface area contributed by atoms with E-state index in [0.29, 0.717) is 22.4 Å². The minimum atomic E-state index is -0.204. The van der Waals surface area contributed by atoms with E-state index in [2.05, 4.69) is 10.2 Å². The van der Waals surface area contributed by atoms with Crippen LogP contribution in [0.25, 0.3) is 0 Å². The molecule has 1 aromatic carbocycles. The first-order chi connectivity index (χ1) is 7.68. The minimum absolute atomic E-state index is 0.204. The molecule has 0 fully saturated rings. The van der Waals surface area contributed by atoms with Crippen molar-refractivity contribution in [3.05, 3.63) is 35.6 Å². The van der Waals surface area contributed by atoms with Gasteiger partial charge in [0.1, 0.15) is 5.82 Å². The predicted molar refractivity (Wildman–Crippen MR) is 61.4 cm³/mol. The van der Waals surface area contributed by atoms with E-state index in [9.17, 15) is 4.39 Å². The number of thioether (sulfide) groups is 1. The van der Waals surface area contributed by atoms with Gasteiger partial charge in [0.15, 0.2) is 5.16 Å². The first-order valence-electron chi connectivity index (χ1n) is 4.69. The zero-order chi connectivity index (χ0) is 11.5. The molecular weight excluding hydrogens is 227 g/mol. The zero-order valence-corrected chi connectivity index (χ0v) is 9.54. The monoisotopic (exact) mass is 238 g/mol. The van der Waals surface area contributed by atoms with Crippen LogP contribution in [0, 0.1) is 5.82 Å². The van der Waals surface area contributed by atoms with E-state index < -0.39 is 0 Å². The average Bonchev–Trinajstić information content (AvgIpc) is 2.59. The Morgan fingerprint density at radius 3 is 2.75 bits per heavy atom. The van der Waals surface area contributed by atoms with E-state index in [0.717, 1.165) is 0 Å². The predicted octanol–water partition coefficient (Wildman–Crippen LogP) is 1.83. The summed E-state index contributed by atoms with van der Waals surface area (Å²) >= 11 is 1.40. The molecule has 0 bridgehead atoms. The van der Waals surface area contributed by atoms with Crippen LogP contribution in [0.2, 0.25) is 0 Å². The third kappa shape index (κ3) is 2.16. The van der Waals surface area contributed by atoms with Gasteiger partial charge in [-0.15, -0.1) is 10.2 Å². The Kier molecular flexibility index (Phi) is 3.09. The molecule has 1 aromatic heterocycles. The van der Waals surface area contributed by atoms with Crippen LogP contribution in [0.1, 0.15) is 5.56 Å². The third-order valence-electron chi connectivity index (χ3n) is 2.18. The molecule has 0 unspecified atom stereocenters. The highest BCUT2D eigenvalue weighted by Crippen LogP contribution is 2.22. The second-order valence-corrected chi connectivity index (χ2v) is 4.22. The number of hydrogen-bond donors (Lipinski definition) is 1. The Morgan fingerprint density at radius 2 is 2.12 bits per heavy atom. The molecule has 6 heteroatoms. The van der Waals surface area contributed by atoms with E-state index >= 15 is 0 Å². The highest BCUT2D eigenvalue weighted by Gasteiger charge is 2.07. The van der Waals surface area contributed by atoms with Crippen LogP contribution in [-0.4, -0.2) is 14.8 Å². The fourth-order valence-electron chi connectivity index (χ4n) is 1.21. The summed E-state index contributed by atoms with van der Waals surface area (Å²) in [5.41, 5.74) is 6.19. The van der Waals surface area contributed by atoms with Crippen LogP contribution < -0.4 is 5.73 Å². The Labute approximate surface area is 96.7 Å². The molecule has 84 valence electrons. The van der Waals surface area contributed by atoms with Gasteiger partial charge < -0.3 is 5.73 Å². The van der Waals surface area contributed by atoms with Crippen molar-refractivity contribution < 1.29 is 4.39 Å². The number of anilines is 1. The molecule has 0 saturated heterocycles. The molecule has 0 spiro atoms. The fraction of sp³-hybridized carbons (Fsp3) is 0.200. The number of hydrogen-bond acceptors (Lipinski definition) is 4. The van der Waals surface area contributed by atoms with Crippen molar-refractivity contribution in [3.8, 4) is 0 Å². The summed E-state index contributed by atoms with van der Waals surface area (Å²) in [6.07, 6.45) is 0. The number of benzene rings is 1. The maximum absolute atomic E-state index is 13.3. The number of nitrogens with two attached hydrogens (primary N) is 1. The van der Waals surface area contributed by atoms with Crippen LogP contribution in [0.3, 0.4) is 0 Å². The summed E-state index contributed by atoms with van der Waals surface area (Å²) in [5.74, 6) is 0.666. The van der Waals surface area contributed by atoms with Gasteiger partial charge in [-0.2, -0.15) is 0 Å². The molecule has 2 aromatic rings. The van der Waals surface area contributed by atoms with Crippen molar-refractivity contribution in [3.63, 3.8) is 0 Å². The standard InChI is InChI=1S/C10H11FN4S/c1-15-9(12)13-14-10(15)16-6-7-4-2-3-5-8(7)11/h2-5H,6H2,1H3,(H2,12,13). The number of nitrogens with zero attached hydrogens (tertiary/aromatic N) is 3. The van der Waals surface area contributed by atoms with Gasteiger partial charge in [-0.05, 0) is 11.6 Å². The van der Waals surface area contributed by atoms with E-state index in [1.54, 1.807) is 23.7 Å². The van der Waals surface area contributed by atoms with Crippen molar-refractivity contribution in [2.45, 2.75) is 10.9 Å². The molecule has 0 atom stereocenters. The second kappa shape index (κ2) is 4.52. The van der Waals surface area contributed by atoms with Crippen LogP contribution in [0.5, 0.6) is 0 Å². The molecule has 0 amide bonds. The molecular formula is C10H11FN4S. The SMILES string of the molecule is Cn1c(N)nnc1SCc1ccccc1F. The van der Waals surface area contributed by atoms with Crippen molar-refractivity contribution in [2.75, 3.05) is 5.73 Å². The lowest BCUT2D eigenvalue weighted by Crippen LogP contribution is -1.98. The molecule has 2 N–H and O–H groups in total. The quantitative estimate of drug-likeness (QED) is 0.829. The van der Waals surface area contributed by atoms with E-state index in [-0.39, 0.29) is 5.82 Å². The van der Waals surface area contributed by atoms with Gasteiger partial charge in [-0.3, -0.25) is 4.57 Å². The van der Waals surface area contributed by atoms with Crippen molar-refractivity contribution in [2.24, 2.45) is 7.05 Å². The van der Waals surface area contributed by atoms with Gasteiger partial charge in [0.2, 0.25) is 5.95 Å². The number of rotatable bonds is 3. The minimum Gasteiger partial charge on any atom is -0.368 e.